The third-order valence-electron chi connectivity index (χ3n) is 20.5. The van der Waals surface area contributed by atoms with Crippen molar-refractivity contribution < 1.29 is 117 Å². The van der Waals surface area contributed by atoms with E-state index in [2.05, 4.69) is 27.7 Å². The van der Waals surface area contributed by atoms with E-state index in [9.17, 15) is 74.9 Å². The van der Waals surface area contributed by atoms with Crippen LogP contribution in [0.1, 0.15) is 336 Å². The van der Waals surface area contributed by atoms with Crippen molar-refractivity contribution in [2.75, 3.05) is 26.4 Å². The molecule has 0 bridgehead atoms. The summed E-state index contributed by atoms with van der Waals surface area (Å²) in [6.45, 7) is 5.82. The van der Waals surface area contributed by atoms with E-state index < -0.39 is 156 Å². The highest BCUT2D eigenvalue weighted by Gasteiger charge is 2.58. The number of carbonyl (C=O) groups is 3. The first-order valence-corrected chi connectivity index (χ1v) is 42.2. The molecule has 0 radical (unpaired) electrons. The molecule has 19 unspecified atom stereocenters. The minimum absolute atomic E-state index is 0.0311. The quantitative estimate of drug-likeness (QED) is 0.0117. The number of aliphatic hydroxyl groups is 10. The van der Waals surface area contributed by atoms with Crippen LogP contribution < -0.4 is 0 Å². The van der Waals surface area contributed by atoms with Crippen LogP contribution in [0.3, 0.4) is 0 Å². The SMILES string of the molecule is CCCCCCCCCCCCCCCCCCC(=O)OCC(COP(=O)(O)OC1C(OC2OC(CO)C(O)C(O)C2O)C(O)C(O)C(O)C1OC1OC(COC(=O)CCCCCCCCC(C)CCCCCCCC)C(O)C(O)C1O)OC(=O)CCCCCCCCCCCCCCCCC. The first-order chi connectivity index (χ1) is 49.2. The molecule has 24 nitrogen and oxygen atoms in total. The normalized spacial score (nSPS) is 27.3. The Bertz CT molecular complexity index is 2120. The summed E-state index contributed by atoms with van der Waals surface area (Å²) in [6.07, 6.45) is 15.7. The topological polar surface area (TPSA) is 374 Å². The van der Waals surface area contributed by atoms with Crippen molar-refractivity contribution in [3.05, 3.63) is 0 Å². The van der Waals surface area contributed by atoms with Crippen LogP contribution in [0.5, 0.6) is 0 Å². The minimum atomic E-state index is -5.70. The summed E-state index contributed by atoms with van der Waals surface area (Å²) in [4.78, 5) is 51.2. The molecule has 2 saturated heterocycles. The van der Waals surface area contributed by atoms with Crippen LogP contribution in [0.15, 0.2) is 0 Å². The zero-order valence-corrected chi connectivity index (χ0v) is 64.2. The second-order valence-corrected chi connectivity index (χ2v) is 31.2. The summed E-state index contributed by atoms with van der Waals surface area (Å²) in [6, 6.07) is 0. The lowest BCUT2D eigenvalue weighted by Gasteiger charge is -2.49. The molecule has 0 aromatic carbocycles. The number of hydrogen-bond acceptors (Lipinski definition) is 23. The highest BCUT2D eigenvalue weighted by Crippen LogP contribution is 2.49. The number of carbonyl (C=O) groups excluding carboxylic acids is 3. The summed E-state index contributed by atoms with van der Waals surface area (Å²) >= 11 is 0. The van der Waals surface area contributed by atoms with Gasteiger partial charge in [0, 0.05) is 19.3 Å². The molecular weight excluding hydrogens is 1340 g/mol. The smallest absolute Gasteiger partial charge is 0.463 e. The van der Waals surface area contributed by atoms with E-state index in [0.29, 0.717) is 25.2 Å². The fourth-order valence-electron chi connectivity index (χ4n) is 13.8. The van der Waals surface area contributed by atoms with Crippen molar-refractivity contribution in [3.8, 4) is 0 Å². The molecule has 25 heteroatoms. The van der Waals surface area contributed by atoms with Gasteiger partial charge in [-0.05, 0) is 25.2 Å². The summed E-state index contributed by atoms with van der Waals surface area (Å²) in [5.74, 6) is -1.27. The second-order valence-electron chi connectivity index (χ2n) is 29.8. The average Bonchev–Trinajstić information content (AvgIpc) is 0.761. The second kappa shape index (κ2) is 58.0. The van der Waals surface area contributed by atoms with E-state index >= 15 is 0 Å². The third kappa shape index (κ3) is 40.4. The predicted octanol–water partition coefficient (Wildman–Crippen LogP) is 12.4. The molecule has 602 valence electrons. The fraction of sp³-hybridized carbons (Fsp3) is 0.961. The maximum absolute atomic E-state index is 14.4. The highest BCUT2D eigenvalue weighted by atomic mass is 31.2. The molecular formula is C77H145O24P. The Morgan fingerprint density at radius 2 is 0.686 bits per heavy atom. The maximum atomic E-state index is 14.4. The van der Waals surface area contributed by atoms with E-state index in [-0.39, 0.29) is 19.3 Å². The number of phosphoric acid groups is 1. The van der Waals surface area contributed by atoms with Gasteiger partial charge in [0.15, 0.2) is 18.7 Å². The Labute approximate surface area is 612 Å². The average molecular weight is 1490 g/mol. The first kappa shape index (κ1) is 94.2. The van der Waals surface area contributed by atoms with E-state index in [1.165, 1.54) is 180 Å². The van der Waals surface area contributed by atoms with Crippen molar-refractivity contribution in [2.45, 2.75) is 440 Å². The number of ether oxygens (including phenoxy) is 7. The zero-order chi connectivity index (χ0) is 74.8. The van der Waals surface area contributed by atoms with Gasteiger partial charge in [-0.25, -0.2) is 4.57 Å². The van der Waals surface area contributed by atoms with Crippen LogP contribution in [0.2, 0.25) is 0 Å². The van der Waals surface area contributed by atoms with E-state index in [0.717, 1.165) is 89.9 Å². The van der Waals surface area contributed by atoms with Gasteiger partial charge in [-0.15, -0.1) is 0 Å². The van der Waals surface area contributed by atoms with Crippen molar-refractivity contribution in [3.63, 3.8) is 0 Å². The zero-order valence-electron chi connectivity index (χ0n) is 63.3. The molecule has 2 aliphatic heterocycles. The van der Waals surface area contributed by atoms with Gasteiger partial charge in [0.1, 0.15) is 98.7 Å². The van der Waals surface area contributed by atoms with Crippen molar-refractivity contribution in [2.24, 2.45) is 5.92 Å². The molecule has 0 aromatic heterocycles. The van der Waals surface area contributed by atoms with E-state index in [1.54, 1.807) is 0 Å². The van der Waals surface area contributed by atoms with E-state index in [1.807, 2.05) is 0 Å². The lowest BCUT2D eigenvalue weighted by atomic mass is 9.84. The Morgan fingerprint density at radius 1 is 0.373 bits per heavy atom. The van der Waals surface area contributed by atoms with Gasteiger partial charge in [0.05, 0.1) is 13.2 Å². The van der Waals surface area contributed by atoms with Crippen molar-refractivity contribution >= 4 is 25.7 Å². The minimum Gasteiger partial charge on any atom is -0.463 e. The monoisotopic (exact) mass is 1480 g/mol. The molecule has 3 fully saturated rings. The molecule has 2 heterocycles. The number of esters is 3. The summed E-state index contributed by atoms with van der Waals surface area (Å²) in [5.41, 5.74) is 0. The van der Waals surface area contributed by atoms with Gasteiger partial charge in [-0.2, -0.15) is 0 Å². The van der Waals surface area contributed by atoms with Crippen LogP contribution in [0.4, 0.5) is 0 Å². The summed E-state index contributed by atoms with van der Waals surface area (Å²) in [5, 5.41) is 110. The predicted molar refractivity (Wildman–Crippen MR) is 388 cm³/mol. The number of hydrogen-bond donors (Lipinski definition) is 11. The Hall–Kier alpha value is -2.04. The van der Waals surface area contributed by atoms with Crippen molar-refractivity contribution in [1.82, 2.24) is 0 Å². The van der Waals surface area contributed by atoms with Crippen LogP contribution in [0.25, 0.3) is 0 Å². The molecule has 0 aromatic rings. The van der Waals surface area contributed by atoms with Gasteiger partial charge in [-0.3, -0.25) is 23.4 Å². The van der Waals surface area contributed by atoms with E-state index in [4.69, 9.17) is 42.2 Å². The molecule has 11 N–H and O–H groups in total. The molecule has 3 rings (SSSR count). The van der Waals surface area contributed by atoms with Crippen LogP contribution >= 0.6 is 7.82 Å². The standard InChI is InChI=1S/C77H145O24P/c1-5-8-11-14-17-19-21-23-25-27-28-30-32-34-40-45-50-61(79)93-54-58(96-63(81)52-47-42-35-33-31-29-26-24-22-20-18-15-12-9-6-2)55-95-102(91,92)101-75-73(99-76-71(89)66(84)64(82)59(53-78)97-76)69(87)68(86)70(88)74(75)100-77-72(90)67(85)65(83)60(98-77)56-94-62(80)51-46-41-37-36-39-44-49-57(4)48-43-38-16-13-10-7-3/h57-60,64-78,82-90H,5-56H2,1-4H3,(H,91,92). The number of aliphatic hydroxyl groups excluding tert-OH is 10. The van der Waals surface area contributed by atoms with Gasteiger partial charge in [-0.1, -0.05) is 297 Å². The van der Waals surface area contributed by atoms with Gasteiger partial charge in [0.25, 0.3) is 0 Å². The van der Waals surface area contributed by atoms with Crippen molar-refractivity contribution in [1.29, 1.82) is 0 Å². The number of phosphoric ester groups is 1. The van der Waals surface area contributed by atoms with Crippen LogP contribution in [-0.2, 0) is 61.2 Å². The molecule has 3 aliphatic rings. The number of rotatable bonds is 64. The molecule has 19 atom stereocenters. The van der Waals surface area contributed by atoms with Gasteiger partial charge in [0.2, 0.25) is 0 Å². The Kier molecular flexibility index (Phi) is 53.5. The fourth-order valence-corrected chi connectivity index (χ4v) is 14.8. The molecule has 0 amide bonds. The Morgan fingerprint density at radius 3 is 1.06 bits per heavy atom. The molecule has 102 heavy (non-hydrogen) atoms. The lowest BCUT2D eigenvalue weighted by molar-refractivity contribution is -0.360. The summed E-state index contributed by atoms with van der Waals surface area (Å²) < 4.78 is 65.3. The first-order valence-electron chi connectivity index (χ1n) is 40.7. The van der Waals surface area contributed by atoms with Crippen LogP contribution in [0, 0.1) is 5.92 Å². The largest absolute Gasteiger partial charge is 0.472 e. The molecule has 1 aliphatic carbocycles. The van der Waals surface area contributed by atoms with Gasteiger partial charge < -0.3 is 89.1 Å². The molecule has 0 spiro atoms. The van der Waals surface area contributed by atoms with Crippen LogP contribution in [-0.4, -0.2) is 204 Å². The molecule has 1 saturated carbocycles. The highest BCUT2D eigenvalue weighted by molar-refractivity contribution is 7.47. The Balaban J connectivity index is 1.71. The maximum Gasteiger partial charge on any atom is 0.472 e. The lowest BCUT2D eigenvalue weighted by Crippen LogP contribution is -2.69. The summed E-state index contributed by atoms with van der Waals surface area (Å²) in [7, 11) is -5.70. The third-order valence-corrected chi connectivity index (χ3v) is 21.5. The number of unbranched alkanes of at least 4 members (excludes halogenated alkanes) is 39. The van der Waals surface area contributed by atoms with Gasteiger partial charge >= 0.3 is 25.7 Å².